The van der Waals surface area contributed by atoms with E-state index in [0.717, 1.165) is 12.8 Å². The van der Waals surface area contributed by atoms with Gasteiger partial charge in [-0.05, 0) is 17.4 Å². The first kappa shape index (κ1) is 9.31. The maximum Gasteiger partial charge on any atom is -0.0104 e. The number of hydrogen-bond donors (Lipinski definition) is 0. The lowest BCUT2D eigenvalue weighted by Gasteiger charge is -2.24. The Morgan fingerprint density at radius 1 is 1.17 bits per heavy atom. The number of benzene rings is 1. The average molecular weight is 161 g/mol. The van der Waals surface area contributed by atoms with Crippen molar-refractivity contribution in [3.63, 3.8) is 0 Å². The molecule has 0 aliphatic carbocycles. The van der Waals surface area contributed by atoms with E-state index in [0.29, 0.717) is 0 Å². The predicted octanol–water partition coefficient (Wildman–Crippen LogP) is 3.58. The fourth-order valence-corrected chi connectivity index (χ4v) is 1.48. The van der Waals surface area contributed by atoms with Crippen LogP contribution in [0.15, 0.2) is 30.3 Å². The second-order valence-corrected chi connectivity index (χ2v) is 3.85. The highest BCUT2D eigenvalue weighted by Gasteiger charge is 2.18. The Morgan fingerprint density at radius 3 is 2.25 bits per heavy atom. The molecule has 0 N–H and O–H groups in total. The van der Waals surface area contributed by atoms with Crippen molar-refractivity contribution in [1.29, 1.82) is 0 Å². The molecule has 0 saturated heterocycles. The van der Waals surface area contributed by atoms with Gasteiger partial charge < -0.3 is 0 Å². The Kier molecular flexibility index (Phi) is 2.91. The third-order valence-corrected chi connectivity index (χ3v) is 2.36. The second-order valence-electron chi connectivity index (χ2n) is 3.85. The molecule has 0 atom stereocenters. The molecule has 0 saturated carbocycles. The fourth-order valence-electron chi connectivity index (χ4n) is 1.48. The SMILES string of the molecule is [CH2]CCC(C)(C)c1ccccc1. The molecule has 0 fully saturated rings. The zero-order chi connectivity index (χ0) is 9.03. The zero-order valence-corrected chi connectivity index (χ0v) is 8.01. The van der Waals surface area contributed by atoms with Crippen molar-refractivity contribution in [2.75, 3.05) is 0 Å². The predicted molar refractivity (Wildman–Crippen MR) is 54.1 cm³/mol. The normalized spacial score (nSPS) is 11.6. The third-order valence-electron chi connectivity index (χ3n) is 2.36. The van der Waals surface area contributed by atoms with Crippen molar-refractivity contribution in [2.24, 2.45) is 0 Å². The van der Waals surface area contributed by atoms with Gasteiger partial charge in [0.2, 0.25) is 0 Å². The van der Waals surface area contributed by atoms with Gasteiger partial charge in [0.05, 0.1) is 0 Å². The summed E-state index contributed by atoms with van der Waals surface area (Å²) >= 11 is 0. The summed E-state index contributed by atoms with van der Waals surface area (Å²) in [5.41, 5.74) is 1.69. The summed E-state index contributed by atoms with van der Waals surface area (Å²) in [4.78, 5) is 0. The standard InChI is InChI=1S/C12H17/c1-4-10-12(2,3)11-8-6-5-7-9-11/h5-9H,1,4,10H2,2-3H3. The van der Waals surface area contributed by atoms with Gasteiger partial charge in [-0.15, -0.1) is 0 Å². The van der Waals surface area contributed by atoms with Crippen molar-refractivity contribution < 1.29 is 0 Å². The van der Waals surface area contributed by atoms with Gasteiger partial charge in [0.1, 0.15) is 0 Å². The van der Waals surface area contributed by atoms with Crippen molar-refractivity contribution in [1.82, 2.24) is 0 Å². The van der Waals surface area contributed by atoms with Crippen LogP contribution >= 0.6 is 0 Å². The first-order valence-electron chi connectivity index (χ1n) is 4.51. The summed E-state index contributed by atoms with van der Waals surface area (Å²) < 4.78 is 0. The lowest BCUT2D eigenvalue weighted by molar-refractivity contribution is 0.484. The molecule has 1 aromatic carbocycles. The highest BCUT2D eigenvalue weighted by Crippen LogP contribution is 2.27. The lowest BCUT2D eigenvalue weighted by atomic mass is 9.81. The smallest absolute Gasteiger partial charge is 0.0104 e. The van der Waals surface area contributed by atoms with E-state index in [-0.39, 0.29) is 5.41 Å². The van der Waals surface area contributed by atoms with Crippen LogP contribution < -0.4 is 0 Å². The summed E-state index contributed by atoms with van der Waals surface area (Å²) in [5, 5.41) is 0. The largest absolute Gasteiger partial charge is 0.0622 e. The topological polar surface area (TPSA) is 0 Å². The van der Waals surface area contributed by atoms with Crippen LogP contribution in [0.25, 0.3) is 0 Å². The monoisotopic (exact) mass is 161 g/mol. The molecule has 0 unspecified atom stereocenters. The van der Waals surface area contributed by atoms with Gasteiger partial charge in [-0.1, -0.05) is 57.5 Å². The molecule has 1 aromatic rings. The first-order chi connectivity index (χ1) is 5.67. The molecule has 0 heterocycles. The van der Waals surface area contributed by atoms with Crippen LogP contribution in [-0.4, -0.2) is 0 Å². The average Bonchev–Trinajstić information content (AvgIpc) is 2.06. The molecule has 0 bridgehead atoms. The van der Waals surface area contributed by atoms with Crippen LogP contribution in [0.4, 0.5) is 0 Å². The molecule has 12 heavy (non-hydrogen) atoms. The van der Waals surface area contributed by atoms with Gasteiger partial charge in [-0.25, -0.2) is 0 Å². The Balaban J connectivity index is 2.82. The summed E-state index contributed by atoms with van der Waals surface area (Å²) in [5.74, 6) is 0. The van der Waals surface area contributed by atoms with E-state index >= 15 is 0 Å². The van der Waals surface area contributed by atoms with Crippen LogP contribution in [0.2, 0.25) is 0 Å². The maximum absolute atomic E-state index is 3.90. The van der Waals surface area contributed by atoms with E-state index in [1.54, 1.807) is 0 Å². The highest BCUT2D eigenvalue weighted by molar-refractivity contribution is 5.23. The van der Waals surface area contributed by atoms with E-state index in [1.165, 1.54) is 5.56 Å². The number of hydrogen-bond acceptors (Lipinski definition) is 0. The van der Waals surface area contributed by atoms with E-state index in [4.69, 9.17) is 0 Å². The molecular weight excluding hydrogens is 144 g/mol. The van der Waals surface area contributed by atoms with E-state index in [1.807, 2.05) is 0 Å². The van der Waals surface area contributed by atoms with Crippen molar-refractivity contribution in [3.05, 3.63) is 42.8 Å². The minimum absolute atomic E-state index is 0.281. The maximum atomic E-state index is 3.90. The molecule has 0 amide bonds. The molecule has 65 valence electrons. The van der Waals surface area contributed by atoms with Gasteiger partial charge in [0.25, 0.3) is 0 Å². The van der Waals surface area contributed by atoms with Crippen molar-refractivity contribution in [3.8, 4) is 0 Å². The molecular formula is C12H17. The summed E-state index contributed by atoms with van der Waals surface area (Å²) in [6.45, 7) is 8.44. The zero-order valence-electron chi connectivity index (χ0n) is 8.01. The van der Waals surface area contributed by atoms with Crippen LogP contribution in [0.3, 0.4) is 0 Å². The van der Waals surface area contributed by atoms with Crippen LogP contribution in [0.1, 0.15) is 32.3 Å². The van der Waals surface area contributed by atoms with Gasteiger partial charge >= 0.3 is 0 Å². The molecule has 1 radical (unpaired) electrons. The van der Waals surface area contributed by atoms with Gasteiger partial charge in [-0.3, -0.25) is 0 Å². The first-order valence-corrected chi connectivity index (χ1v) is 4.51. The fraction of sp³-hybridized carbons (Fsp3) is 0.417. The highest BCUT2D eigenvalue weighted by atomic mass is 14.2. The van der Waals surface area contributed by atoms with Gasteiger partial charge in [-0.2, -0.15) is 0 Å². The van der Waals surface area contributed by atoms with E-state index in [2.05, 4.69) is 51.1 Å². The molecule has 0 aliphatic rings. The van der Waals surface area contributed by atoms with Crippen LogP contribution in [0, 0.1) is 6.92 Å². The Morgan fingerprint density at radius 2 is 1.75 bits per heavy atom. The Labute approximate surface area is 75.6 Å². The van der Waals surface area contributed by atoms with Crippen LogP contribution in [-0.2, 0) is 5.41 Å². The Hall–Kier alpha value is -0.780. The minimum Gasteiger partial charge on any atom is -0.0622 e. The van der Waals surface area contributed by atoms with Crippen molar-refractivity contribution >= 4 is 0 Å². The molecule has 0 nitrogen and oxygen atoms in total. The van der Waals surface area contributed by atoms with E-state index in [9.17, 15) is 0 Å². The summed E-state index contributed by atoms with van der Waals surface area (Å²) in [7, 11) is 0. The van der Waals surface area contributed by atoms with Crippen molar-refractivity contribution in [2.45, 2.75) is 32.1 Å². The lowest BCUT2D eigenvalue weighted by Crippen LogP contribution is -2.16. The Bertz CT molecular complexity index is 221. The number of rotatable bonds is 3. The van der Waals surface area contributed by atoms with Gasteiger partial charge in [0.15, 0.2) is 0 Å². The van der Waals surface area contributed by atoms with E-state index < -0.39 is 0 Å². The van der Waals surface area contributed by atoms with Gasteiger partial charge in [0, 0.05) is 0 Å². The summed E-state index contributed by atoms with van der Waals surface area (Å²) in [6.07, 6.45) is 2.15. The molecule has 0 spiro atoms. The minimum atomic E-state index is 0.281. The quantitative estimate of drug-likeness (QED) is 0.635. The molecule has 1 rings (SSSR count). The summed E-state index contributed by atoms with van der Waals surface area (Å²) in [6, 6.07) is 10.6. The molecule has 0 heteroatoms. The second kappa shape index (κ2) is 3.75. The molecule has 0 aromatic heterocycles. The molecule has 0 aliphatic heterocycles. The van der Waals surface area contributed by atoms with Crippen LogP contribution in [0.5, 0.6) is 0 Å². The third kappa shape index (κ3) is 2.10.